The summed E-state index contributed by atoms with van der Waals surface area (Å²) < 4.78 is 5.04. The minimum absolute atomic E-state index is 0.583. The van der Waals surface area contributed by atoms with Crippen molar-refractivity contribution < 1.29 is 4.74 Å². The third kappa shape index (κ3) is 2.38. The van der Waals surface area contributed by atoms with Crippen LogP contribution in [-0.2, 0) is 0 Å². The van der Waals surface area contributed by atoms with Crippen LogP contribution in [0.1, 0.15) is 5.82 Å². The second kappa shape index (κ2) is 5.13. The summed E-state index contributed by atoms with van der Waals surface area (Å²) in [6.07, 6.45) is 1.71. The SMILES string of the molecule is COc1ccc(Nc2nc(C)nc3ccccc23)cn1. The Bertz CT molecular complexity index is 740. The van der Waals surface area contributed by atoms with Gasteiger partial charge >= 0.3 is 0 Å². The molecule has 0 amide bonds. The van der Waals surface area contributed by atoms with Crippen LogP contribution < -0.4 is 10.1 Å². The quantitative estimate of drug-likeness (QED) is 0.789. The van der Waals surface area contributed by atoms with Crippen molar-refractivity contribution in [3.8, 4) is 5.88 Å². The third-order valence-corrected chi connectivity index (χ3v) is 2.92. The van der Waals surface area contributed by atoms with E-state index in [2.05, 4.69) is 20.3 Å². The van der Waals surface area contributed by atoms with E-state index in [1.165, 1.54) is 0 Å². The number of rotatable bonds is 3. The van der Waals surface area contributed by atoms with Crippen LogP contribution in [0.3, 0.4) is 0 Å². The molecule has 0 aliphatic carbocycles. The summed E-state index contributed by atoms with van der Waals surface area (Å²) in [7, 11) is 1.59. The first-order valence-corrected chi connectivity index (χ1v) is 6.27. The van der Waals surface area contributed by atoms with Crippen molar-refractivity contribution in [2.45, 2.75) is 6.92 Å². The smallest absolute Gasteiger partial charge is 0.213 e. The Hall–Kier alpha value is -2.69. The zero-order valence-electron chi connectivity index (χ0n) is 11.3. The van der Waals surface area contributed by atoms with Gasteiger partial charge in [0.2, 0.25) is 5.88 Å². The molecule has 0 fully saturated rings. The van der Waals surface area contributed by atoms with Crippen LogP contribution in [0.15, 0.2) is 42.6 Å². The first-order chi connectivity index (χ1) is 9.76. The van der Waals surface area contributed by atoms with Crippen LogP contribution in [-0.4, -0.2) is 22.1 Å². The van der Waals surface area contributed by atoms with Gasteiger partial charge in [0.25, 0.3) is 0 Å². The van der Waals surface area contributed by atoms with Crippen LogP contribution in [0, 0.1) is 6.92 Å². The average molecular weight is 266 g/mol. The van der Waals surface area contributed by atoms with E-state index in [4.69, 9.17) is 4.74 Å². The van der Waals surface area contributed by atoms with Crippen LogP contribution in [0.25, 0.3) is 10.9 Å². The van der Waals surface area contributed by atoms with Crippen molar-refractivity contribution in [2.24, 2.45) is 0 Å². The van der Waals surface area contributed by atoms with Gasteiger partial charge < -0.3 is 10.1 Å². The number of hydrogen-bond acceptors (Lipinski definition) is 5. The molecule has 0 saturated carbocycles. The van der Waals surface area contributed by atoms with Crippen LogP contribution in [0.5, 0.6) is 5.88 Å². The number of nitrogens with one attached hydrogen (secondary N) is 1. The molecule has 5 nitrogen and oxygen atoms in total. The lowest BCUT2D eigenvalue weighted by Crippen LogP contribution is -1.99. The van der Waals surface area contributed by atoms with Crippen LogP contribution in [0.4, 0.5) is 11.5 Å². The van der Waals surface area contributed by atoms with Gasteiger partial charge in [-0.15, -0.1) is 0 Å². The summed E-state index contributed by atoms with van der Waals surface area (Å²) in [4.78, 5) is 13.0. The molecule has 20 heavy (non-hydrogen) atoms. The summed E-state index contributed by atoms with van der Waals surface area (Å²) in [6.45, 7) is 1.88. The molecule has 0 saturated heterocycles. The number of pyridine rings is 1. The highest BCUT2D eigenvalue weighted by atomic mass is 16.5. The zero-order valence-corrected chi connectivity index (χ0v) is 11.3. The molecule has 0 radical (unpaired) electrons. The largest absolute Gasteiger partial charge is 0.481 e. The van der Waals surface area contributed by atoms with Crippen molar-refractivity contribution in [1.29, 1.82) is 0 Å². The molecule has 0 atom stereocenters. The second-order valence-corrected chi connectivity index (χ2v) is 4.35. The first-order valence-electron chi connectivity index (χ1n) is 6.27. The highest BCUT2D eigenvalue weighted by Gasteiger charge is 2.05. The fourth-order valence-electron chi connectivity index (χ4n) is 2.00. The zero-order chi connectivity index (χ0) is 13.9. The van der Waals surface area contributed by atoms with Gasteiger partial charge in [0.05, 0.1) is 24.5 Å². The Balaban J connectivity index is 2.01. The molecule has 100 valence electrons. The van der Waals surface area contributed by atoms with Crippen LogP contribution >= 0.6 is 0 Å². The molecule has 0 bridgehead atoms. The number of hydrogen-bond donors (Lipinski definition) is 1. The fraction of sp³-hybridized carbons (Fsp3) is 0.133. The maximum Gasteiger partial charge on any atom is 0.213 e. The monoisotopic (exact) mass is 266 g/mol. The lowest BCUT2D eigenvalue weighted by Gasteiger charge is -2.09. The number of methoxy groups -OCH3 is 1. The van der Waals surface area contributed by atoms with E-state index in [1.807, 2.05) is 37.3 Å². The van der Waals surface area contributed by atoms with Crippen molar-refractivity contribution in [1.82, 2.24) is 15.0 Å². The lowest BCUT2D eigenvalue weighted by molar-refractivity contribution is 0.398. The number of aromatic nitrogens is 3. The number of fused-ring (bicyclic) bond motifs is 1. The number of benzene rings is 1. The van der Waals surface area contributed by atoms with E-state index in [0.29, 0.717) is 5.88 Å². The molecule has 3 rings (SSSR count). The van der Waals surface area contributed by atoms with E-state index in [-0.39, 0.29) is 0 Å². The van der Waals surface area contributed by atoms with Crippen molar-refractivity contribution in [3.63, 3.8) is 0 Å². The molecule has 0 spiro atoms. The van der Waals surface area contributed by atoms with Crippen molar-refractivity contribution in [3.05, 3.63) is 48.4 Å². The Labute approximate surface area is 116 Å². The summed E-state index contributed by atoms with van der Waals surface area (Å²) in [5.74, 6) is 2.09. The minimum Gasteiger partial charge on any atom is -0.481 e. The van der Waals surface area contributed by atoms with E-state index in [9.17, 15) is 0 Å². The van der Waals surface area contributed by atoms with E-state index in [0.717, 1.165) is 28.2 Å². The number of aryl methyl sites for hydroxylation is 1. The molecule has 5 heteroatoms. The molecule has 1 aromatic carbocycles. The molecule has 1 N–H and O–H groups in total. The van der Waals surface area contributed by atoms with Gasteiger partial charge in [0.15, 0.2) is 0 Å². The normalized spacial score (nSPS) is 10.5. The van der Waals surface area contributed by atoms with Gasteiger partial charge in [-0.2, -0.15) is 0 Å². The predicted molar refractivity (Wildman–Crippen MR) is 78.3 cm³/mol. The second-order valence-electron chi connectivity index (χ2n) is 4.35. The minimum atomic E-state index is 0.583. The topological polar surface area (TPSA) is 59.9 Å². The third-order valence-electron chi connectivity index (χ3n) is 2.92. The highest BCUT2D eigenvalue weighted by Crippen LogP contribution is 2.23. The molecular weight excluding hydrogens is 252 g/mol. The molecule has 0 aliphatic rings. The maximum atomic E-state index is 5.04. The molecule has 0 unspecified atom stereocenters. The fourth-order valence-corrected chi connectivity index (χ4v) is 2.00. The van der Waals surface area contributed by atoms with E-state index < -0.39 is 0 Å². The van der Waals surface area contributed by atoms with Crippen LogP contribution in [0.2, 0.25) is 0 Å². The Morgan fingerprint density at radius 1 is 1.05 bits per heavy atom. The standard InChI is InChI=1S/C15H14N4O/c1-10-17-13-6-4-3-5-12(13)15(18-10)19-11-7-8-14(20-2)16-9-11/h3-9H,1-2H3,(H,17,18,19). The number of anilines is 2. The molecular formula is C15H14N4O. The van der Waals surface area contributed by atoms with Gasteiger partial charge in [-0.1, -0.05) is 12.1 Å². The molecule has 2 aromatic heterocycles. The highest BCUT2D eigenvalue weighted by molar-refractivity contribution is 5.90. The van der Waals surface area contributed by atoms with Gasteiger partial charge in [0.1, 0.15) is 11.6 Å². The number of ether oxygens (including phenoxy) is 1. The maximum absolute atomic E-state index is 5.04. The van der Waals surface area contributed by atoms with Gasteiger partial charge in [-0.05, 0) is 25.1 Å². The first kappa shape index (κ1) is 12.3. The van der Waals surface area contributed by atoms with Crippen molar-refractivity contribution >= 4 is 22.4 Å². The van der Waals surface area contributed by atoms with Gasteiger partial charge in [0, 0.05) is 11.5 Å². The Morgan fingerprint density at radius 3 is 2.65 bits per heavy atom. The Morgan fingerprint density at radius 2 is 1.90 bits per heavy atom. The Kier molecular flexibility index (Phi) is 3.16. The molecule has 0 aliphatic heterocycles. The van der Waals surface area contributed by atoms with E-state index >= 15 is 0 Å². The van der Waals surface area contributed by atoms with E-state index in [1.54, 1.807) is 19.4 Å². The van der Waals surface area contributed by atoms with Gasteiger partial charge in [-0.3, -0.25) is 0 Å². The van der Waals surface area contributed by atoms with Gasteiger partial charge in [-0.25, -0.2) is 15.0 Å². The van der Waals surface area contributed by atoms with Crippen molar-refractivity contribution in [2.75, 3.05) is 12.4 Å². The summed E-state index contributed by atoms with van der Waals surface area (Å²) >= 11 is 0. The number of para-hydroxylation sites is 1. The summed E-state index contributed by atoms with van der Waals surface area (Å²) in [5.41, 5.74) is 1.78. The summed E-state index contributed by atoms with van der Waals surface area (Å²) in [5, 5.41) is 4.25. The average Bonchev–Trinajstić information content (AvgIpc) is 2.48. The summed E-state index contributed by atoms with van der Waals surface area (Å²) in [6, 6.07) is 11.6. The number of nitrogens with zero attached hydrogens (tertiary/aromatic N) is 3. The lowest BCUT2D eigenvalue weighted by atomic mass is 10.2. The molecule has 3 aromatic rings. The predicted octanol–water partition coefficient (Wildman–Crippen LogP) is 3.09. The molecule has 2 heterocycles.